The fourth-order valence-electron chi connectivity index (χ4n) is 6.22. The predicted molar refractivity (Wildman–Crippen MR) is 180 cm³/mol. The largest absolute Gasteiger partial charge is 0.446 e. The molecule has 45 heavy (non-hydrogen) atoms. The van der Waals surface area contributed by atoms with Crippen LogP contribution in [0.5, 0.6) is 0 Å². The number of para-hydroxylation sites is 1. The number of hydrogen-bond donors (Lipinski definition) is 2. The molecule has 0 radical (unpaired) electrons. The van der Waals surface area contributed by atoms with Crippen LogP contribution < -0.4 is 10.6 Å². The number of anilines is 1. The Morgan fingerprint density at radius 2 is 1.49 bits per heavy atom. The second-order valence-corrected chi connectivity index (χ2v) is 12.9. The van der Waals surface area contributed by atoms with E-state index in [9.17, 15) is 14.4 Å². The monoisotopic (exact) mass is 619 g/mol. The lowest BCUT2D eigenvalue weighted by Crippen LogP contribution is -2.42. The van der Waals surface area contributed by atoms with Crippen molar-refractivity contribution in [2.75, 3.05) is 58.2 Å². The third-order valence-corrected chi connectivity index (χ3v) is 8.99. The van der Waals surface area contributed by atoms with Gasteiger partial charge in [0.25, 0.3) is 0 Å². The van der Waals surface area contributed by atoms with E-state index in [1.165, 1.54) is 0 Å². The van der Waals surface area contributed by atoms with Gasteiger partial charge in [0.2, 0.25) is 11.8 Å². The zero-order chi connectivity index (χ0) is 32.0. The minimum atomic E-state index is -0.419. The highest BCUT2D eigenvalue weighted by atomic mass is 16.6. The van der Waals surface area contributed by atoms with Gasteiger partial charge in [-0.05, 0) is 83.6 Å². The molecule has 2 aliphatic rings. The van der Waals surface area contributed by atoms with Crippen LogP contribution in [0, 0.1) is 5.92 Å². The smallest absolute Gasteiger partial charge is 0.411 e. The van der Waals surface area contributed by atoms with Crippen LogP contribution in [0.15, 0.2) is 54.6 Å². The lowest BCUT2D eigenvalue weighted by atomic mass is 9.95. The van der Waals surface area contributed by atoms with E-state index in [0.717, 1.165) is 101 Å². The van der Waals surface area contributed by atoms with E-state index in [0.29, 0.717) is 13.0 Å². The zero-order valence-electron chi connectivity index (χ0n) is 27.5. The van der Waals surface area contributed by atoms with Gasteiger partial charge in [0, 0.05) is 57.2 Å². The number of piperidine rings is 2. The van der Waals surface area contributed by atoms with E-state index < -0.39 is 6.09 Å². The molecule has 9 heteroatoms. The molecule has 0 unspecified atom stereocenters. The van der Waals surface area contributed by atoms with Gasteiger partial charge in [-0.15, -0.1) is 0 Å². The van der Waals surface area contributed by atoms with E-state index >= 15 is 0 Å². The molecule has 9 nitrogen and oxygen atoms in total. The number of rotatable bonds is 14. The van der Waals surface area contributed by atoms with Crippen molar-refractivity contribution in [2.24, 2.45) is 5.92 Å². The molecule has 0 aromatic heterocycles. The van der Waals surface area contributed by atoms with Gasteiger partial charge in [0.1, 0.15) is 6.10 Å². The van der Waals surface area contributed by atoms with Gasteiger partial charge in [0.15, 0.2) is 0 Å². The Labute approximate surface area is 269 Å². The number of nitrogens with zero attached hydrogens (tertiary/aromatic N) is 3. The summed E-state index contributed by atoms with van der Waals surface area (Å²) in [6.45, 7) is 10.3. The first kappa shape index (κ1) is 34.4. The molecule has 0 bridgehead atoms. The molecule has 2 fully saturated rings. The number of nitrogens with one attached hydrogen (secondary N) is 2. The summed E-state index contributed by atoms with van der Waals surface area (Å²) in [6.07, 6.45) is 6.56. The third kappa shape index (κ3) is 11.5. The van der Waals surface area contributed by atoms with E-state index in [2.05, 4.69) is 20.4 Å². The molecule has 0 aliphatic carbocycles. The van der Waals surface area contributed by atoms with Crippen LogP contribution >= 0.6 is 0 Å². The number of carbonyl (C=O) groups is 3. The Bertz CT molecular complexity index is 1210. The van der Waals surface area contributed by atoms with Gasteiger partial charge in [-0.2, -0.15) is 0 Å². The number of amides is 3. The summed E-state index contributed by atoms with van der Waals surface area (Å²) in [4.78, 5) is 44.3. The summed E-state index contributed by atoms with van der Waals surface area (Å²) < 4.78 is 5.77. The first-order valence-corrected chi connectivity index (χ1v) is 16.9. The summed E-state index contributed by atoms with van der Waals surface area (Å²) in [5.74, 6) is 0.558. The predicted octanol–water partition coefficient (Wildman–Crippen LogP) is 5.62. The summed E-state index contributed by atoms with van der Waals surface area (Å²) in [6, 6.07) is 18.0. The van der Waals surface area contributed by atoms with Gasteiger partial charge < -0.3 is 24.8 Å². The highest BCUT2D eigenvalue weighted by Gasteiger charge is 2.25. The van der Waals surface area contributed by atoms with Crippen LogP contribution in [0.2, 0.25) is 0 Å². The average molecular weight is 620 g/mol. The van der Waals surface area contributed by atoms with Gasteiger partial charge in [0.05, 0.1) is 5.69 Å². The normalized spacial score (nSPS) is 16.8. The molecule has 3 amide bonds. The Kier molecular flexibility index (Phi) is 13.7. The summed E-state index contributed by atoms with van der Waals surface area (Å²) in [5.41, 5.74) is 2.75. The maximum Gasteiger partial charge on any atom is 0.411 e. The van der Waals surface area contributed by atoms with Crippen molar-refractivity contribution < 1.29 is 19.1 Å². The van der Waals surface area contributed by atoms with Gasteiger partial charge in [-0.3, -0.25) is 14.9 Å². The molecule has 2 N–H and O–H groups in total. The molecule has 0 spiro atoms. The molecule has 0 saturated carbocycles. The van der Waals surface area contributed by atoms with Crippen molar-refractivity contribution in [3.8, 4) is 11.1 Å². The Hall–Kier alpha value is -3.43. The number of carbonyl (C=O) groups excluding carboxylic acids is 3. The van der Waals surface area contributed by atoms with Crippen molar-refractivity contribution in [3.05, 3.63) is 54.6 Å². The molecule has 2 saturated heterocycles. The molecule has 2 aromatic carbocycles. The fraction of sp³-hybridized carbons (Fsp3) is 0.583. The quantitative estimate of drug-likeness (QED) is 0.267. The van der Waals surface area contributed by atoms with Gasteiger partial charge in [-0.25, -0.2) is 4.79 Å². The van der Waals surface area contributed by atoms with E-state index in [1.54, 1.807) is 0 Å². The number of ether oxygens (including phenoxy) is 1. The van der Waals surface area contributed by atoms with Crippen LogP contribution in [0.4, 0.5) is 10.5 Å². The Morgan fingerprint density at radius 3 is 2.20 bits per heavy atom. The molecule has 0 atom stereocenters. The molecular weight excluding hydrogens is 566 g/mol. The van der Waals surface area contributed by atoms with E-state index in [-0.39, 0.29) is 29.9 Å². The Balaban J connectivity index is 1.04. The maximum absolute atomic E-state index is 12.7. The second kappa shape index (κ2) is 17.9. The number of hydrogen-bond acceptors (Lipinski definition) is 6. The van der Waals surface area contributed by atoms with E-state index in [4.69, 9.17) is 4.74 Å². The SMILES string of the molecule is CC(C)NC(=O)C1CCN(CCCCCC(=O)N(C)CCN2CCC(OC(=O)Nc3ccccc3-c3ccccc3)CC2)CC1. The Morgan fingerprint density at radius 1 is 0.844 bits per heavy atom. The van der Waals surface area contributed by atoms with Gasteiger partial charge >= 0.3 is 6.09 Å². The lowest BCUT2D eigenvalue weighted by Gasteiger charge is -2.32. The van der Waals surface area contributed by atoms with Crippen LogP contribution in [-0.2, 0) is 14.3 Å². The zero-order valence-corrected chi connectivity index (χ0v) is 27.5. The summed E-state index contributed by atoms with van der Waals surface area (Å²) in [5, 5.41) is 5.98. The topological polar surface area (TPSA) is 94.2 Å². The molecule has 2 aliphatic heterocycles. The van der Waals surface area contributed by atoms with Crippen molar-refractivity contribution in [1.29, 1.82) is 0 Å². The second-order valence-electron chi connectivity index (χ2n) is 12.9. The van der Waals surface area contributed by atoms with E-state index in [1.807, 2.05) is 80.4 Å². The van der Waals surface area contributed by atoms with Crippen LogP contribution in [-0.4, -0.2) is 97.6 Å². The molecule has 4 rings (SSSR count). The summed E-state index contributed by atoms with van der Waals surface area (Å²) in [7, 11) is 1.90. The third-order valence-electron chi connectivity index (χ3n) is 8.99. The number of likely N-dealkylation sites (tertiary alicyclic amines) is 2. The molecule has 2 aromatic rings. The fourth-order valence-corrected chi connectivity index (χ4v) is 6.22. The van der Waals surface area contributed by atoms with Crippen LogP contribution in [0.25, 0.3) is 11.1 Å². The number of unbranched alkanes of at least 4 members (excludes halogenated alkanes) is 2. The number of likely N-dealkylation sites (N-methyl/N-ethyl adjacent to an activating group) is 1. The van der Waals surface area contributed by atoms with Crippen molar-refractivity contribution in [2.45, 2.75) is 77.4 Å². The summed E-state index contributed by atoms with van der Waals surface area (Å²) >= 11 is 0. The number of benzene rings is 2. The van der Waals surface area contributed by atoms with Gasteiger partial charge in [-0.1, -0.05) is 55.0 Å². The maximum atomic E-state index is 12.7. The standard InChI is InChI=1S/C36H53N5O4/c1-28(2)37-35(43)30-17-22-40(23-18-30)21-11-5-8-16-34(42)39(3)26-27-41-24-19-31(20-25-41)45-36(44)38-33-15-10-9-14-32(33)29-12-6-4-7-13-29/h4,6-7,9-10,12-15,28,30-31H,5,8,11,16-27H2,1-3H3,(H,37,43)(H,38,44). The van der Waals surface area contributed by atoms with Crippen molar-refractivity contribution >= 4 is 23.6 Å². The lowest BCUT2D eigenvalue weighted by molar-refractivity contribution is -0.130. The average Bonchev–Trinajstić information content (AvgIpc) is 3.04. The molecule has 2 heterocycles. The highest BCUT2D eigenvalue weighted by molar-refractivity contribution is 5.91. The van der Waals surface area contributed by atoms with Crippen LogP contribution in [0.1, 0.15) is 65.2 Å². The molecule has 246 valence electrons. The van der Waals surface area contributed by atoms with Crippen molar-refractivity contribution in [1.82, 2.24) is 20.0 Å². The minimum absolute atomic E-state index is 0.111. The molecular formula is C36H53N5O4. The first-order chi connectivity index (χ1) is 21.8. The first-order valence-electron chi connectivity index (χ1n) is 16.9. The van der Waals surface area contributed by atoms with Crippen LogP contribution in [0.3, 0.4) is 0 Å². The van der Waals surface area contributed by atoms with Crippen molar-refractivity contribution in [3.63, 3.8) is 0 Å². The highest BCUT2D eigenvalue weighted by Crippen LogP contribution is 2.28. The minimum Gasteiger partial charge on any atom is -0.446 e.